The number of rotatable bonds is 9. The number of benzene rings is 1. The van der Waals surface area contributed by atoms with Gasteiger partial charge in [0.15, 0.2) is 8.32 Å². The number of Topliss-reactive ketones (excluding diaryl/α,β-unsaturated/α-hetero) is 1. The lowest BCUT2D eigenvalue weighted by Crippen LogP contribution is -2.48. The average Bonchev–Trinajstić information content (AvgIpc) is 2.93. The van der Waals surface area contributed by atoms with Gasteiger partial charge in [0.1, 0.15) is 11.5 Å². The molecule has 1 aromatic carbocycles. The summed E-state index contributed by atoms with van der Waals surface area (Å²) in [6.45, 7) is 14.8. The van der Waals surface area contributed by atoms with Crippen molar-refractivity contribution < 1.29 is 18.7 Å². The Morgan fingerprint density at radius 1 is 1.15 bits per heavy atom. The van der Waals surface area contributed by atoms with Gasteiger partial charge in [-0.05, 0) is 41.7 Å². The Balaban J connectivity index is 1.94. The summed E-state index contributed by atoms with van der Waals surface area (Å²) in [7, 11) is -0.305. The van der Waals surface area contributed by atoms with Gasteiger partial charge in [0, 0.05) is 18.8 Å². The normalized spacial score (nSPS) is 21.1. The third-order valence-corrected chi connectivity index (χ3v) is 11.2. The number of carbonyl (C=O) groups excluding carboxylic acids is 1. The van der Waals surface area contributed by atoms with E-state index >= 15 is 0 Å². The number of methoxy groups -OCH3 is 1. The highest BCUT2D eigenvalue weighted by atomic mass is 28.4. The van der Waals surface area contributed by atoms with E-state index in [1.54, 1.807) is 7.11 Å². The summed E-state index contributed by atoms with van der Waals surface area (Å²) in [5, 5.41) is 0.146. The predicted molar refractivity (Wildman–Crippen MR) is 112 cm³/mol. The van der Waals surface area contributed by atoms with Gasteiger partial charge in [-0.25, -0.2) is 0 Å². The fraction of sp³-hybridized carbons (Fsp3) is 0.682. The lowest BCUT2D eigenvalue weighted by atomic mass is 9.99. The summed E-state index contributed by atoms with van der Waals surface area (Å²) in [4.78, 5) is 12.1. The van der Waals surface area contributed by atoms with Crippen LogP contribution in [0.25, 0.3) is 0 Å². The van der Waals surface area contributed by atoms with Crippen molar-refractivity contribution in [2.24, 2.45) is 11.8 Å². The number of ketones is 1. The quantitative estimate of drug-likeness (QED) is 0.541. The second-order valence-electron chi connectivity index (χ2n) is 9.11. The van der Waals surface area contributed by atoms with Crippen molar-refractivity contribution in [3.05, 3.63) is 29.8 Å². The number of ether oxygens (including phenoxy) is 2. The van der Waals surface area contributed by atoms with E-state index in [0.29, 0.717) is 37.8 Å². The van der Waals surface area contributed by atoms with E-state index in [-0.39, 0.29) is 17.1 Å². The molecule has 27 heavy (non-hydrogen) atoms. The van der Waals surface area contributed by atoms with Crippen molar-refractivity contribution in [1.82, 2.24) is 0 Å². The van der Waals surface area contributed by atoms with Crippen molar-refractivity contribution in [3.63, 3.8) is 0 Å². The fourth-order valence-electron chi connectivity index (χ4n) is 3.48. The molecule has 1 aliphatic rings. The number of hydrogen-bond donors (Lipinski definition) is 0. The maximum Gasteiger partial charge on any atom is 0.192 e. The fourth-order valence-corrected chi connectivity index (χ4v) is 6.20. The van der Waals surface area contributed by atoms with Crippen molar-refractivity contribution in [2.45, 2.75) is 71.4 Å². The molecule has 0 aromatic heterocycles. The molecule has 5 heteroatoms. The molecule has 0 aliphatic heterocycles. The predicted octanol–water partition coefficient (Wildman–Crippen LogP) is 5.22. The lowest BCUT2D eigenvalue weighted by molar-refractivity contribution is -0.118. The van der Waals surface area contributed by atoms with E-state index in [4.69, 9.17) is 13.9 Å². The molecule has 0 N–H and O–H groups in total. The minimum Gasteiger partial charge on any atom is -0.497 e. The summed E-state index contributed by atoms with van der Waals surface area (Å²) in [6, 6.07) is 7.89. The maximum atomic E-state index is 12.1. The molecule has 1 aliphatic carbocycles. The molecule has 4 nitrogen and oxygen atoms in total. The average molecular weight is 393 g/mol. The first-order valence-electron chi connectivity index (χ1n) is 9.97. The van der Waals surface area contributed by atoms with Crippen LogP contribution >= 0.6 is 0 Å². The second kappa shape index (κ2) is 8.89. The highest BCUT2D eigenvalue weighted by Crippen LogP contribution is 2.46. The minimum atomic E-state index is -1.97. The van der Waals surface area contributed by atoms with Gasteiger partial charge in [-0.1, -0.05) is 39.8 Å². The third kappa shape index (κ3) is 5.43. The molecule has 0 bridgehead atoms. The largest absolute Gasteiger partial charge is 0.497 e. The highest BCUT2D eigenvalue weighted by Gasteiger charge is 2.47. The Hall–Kier alpha value is -1.17. The van der Waals surface area contributed by atoms with Crippen molar-refractivity contribution >= 4 is 14.1 Å². The van der Waals surface area contributed by atoms with Gasteiger partial charge < -0.3 is 13.9 Å². The van der Waals surface area contributed by atoms with Gasteiger partial charge in [-0.3, -0.25) is 4.79 Å². The molecule has 1 fully saturated rings. The second-order valence-corrected chi connectivity index (χ2v) is 13.7. The standard InChI is InChI=1S/C22H36O4Si/c1-16(2)22(3,4)27(6,7)26-21-13-19(23)12-18(21)15-25-14-17-8-10-20(24-5)11-9-17/h8-11,16,18,21H,12-15H2,1-7H3/t18-,21+/m1/s1. The molecular formula is C22H36O4Si. The zero-order chi connectivity index (χ0) is 20.2. The molecule has 0 spiro atoms. The first-order chi connectivity index (χ1) is 12.6. The minimum absolute atomic E-state index is 0.00643. The monoisotopic (exact) mass is 392 g/mol. The summed E-state index contributed by atoms with van der Waals surface area (Å²) in [5.41, 5.74) is 1.10. The molecule has 0 unspecified atom stereocenters. The molecule has 2 rings (SSSR count). The van der Waals surface area contributed by atoms with Crippen LogP contribution in [-0.2, 0) is 20.6 Å². The summed E-state index contributed by atoms with van der Waals surface area (Å²) in [6.07, 6.45) is 1.09. The third-order valence-electron chi connectivity index (χ3n) is 6.65. The highest BCUT2D eigenvalue weighted by molar-refractivity contribution is 6.74. The summed E-state index contributed by atoms with van der Waals surface area (Å²) < 4.78 is 17.8. The van der Waals surface area contributed by atoms with Crippen LogP contribution < -0.4 is 4.74 Å². The van der Waals surface area contributed by atoms with Gasteiger partial charge in [0.2, 0.25) is 0 Å². The Kier molecular flexibility index (Phi) is 7.28. The topological polar surface area (TPSA) is 44.8 Å². The van der Waals surface area contributed by atoms with E-state index in [2.05, 4.69) is 40.8 Å². The van der Waals surface area contributed by atoms with E-state index in [9.17, 15) is 4.79 Å². The molecule has 1 saturated carbocycles. The van der Waals surface area contributed by atoms with E-state index in [0.717, 1.165) is 11.3 Å². The van der Waals surface area contributed by atoms with Crippen LogP contribution in [0.15, 0.2) is 24.3 Å². The molecular weight excluding hydrogens is 356 g/mol. The van der Waals surface area contributed by atoms with Crippen LogP contribution in [0, 0.1) is 11.8 Å². The lowest BCUT2D eigenvalue weighted by Gasteiger charge is -2.44. The van der Waals surface area contributed by atoms with Gasteiger partial charge in [0.05, 0.1) is 26.4 Å². The number of carbonyl (C=O) groups is 1. The van der Waals surface area contributed by atoms with Crippen LogP contribution in [0.4, 0.5) is 0 Å². The van der Waals surface area contributed by atoms with E-state index < -0.39 is 8.32 Å². The smallest absolute Gasteiger partial charge is 0.192 e. The van der Waals surface area contributed by atoms with Crippen LogP contribution in [0.5, 0.6) is 5.75 Å². The van der Waals surface area contributed by atoms with E-state index in [1.165, 1.54) is 0 Å². The van der Waals surface area contributed by atoms with Crippen LogP contribution in [-0.4, -0.2) is 33.9 Å². The summed E-state index contributed by atoms with van der Waals surface area (Å²) >= 11 is 0. The van der Waals surface area contributed by atoms with Gasteiger partial charge in [-0.2, -0.15) is 0 Å². The Labute approximate surface area is 165 Å². The Morgan fingerprint density at radius 3 is 2.33 bits per heavy atom. The van der Waals surface area contributed by atoms with Gasteiger partial charge in [0.25, 0.3) is 0 Å². The summed E-state index contributed by atoms with van der Waals surface area (Å²) in [5.74, 6) is 1.84. The van der Waals surface area contributed by atoms with Gasteiger partial charge >= 0.3 is 0 Å². The van der Waals surface area contributed by atoms with Gasteiger partial charge in [-0.15, -0.1) is 0 Å². The molecule has 0 amide bonds. The molecule has 2 atom stereocenters. The van der Waals surface area contributed by atoms with Crippen molar-refractivity contribution in [1.29, 1.82) is 0 Å². The van der Waals surface area contributed by atoms with Crippen LogP contribution in [0.2, 0.25) is 18.1 Å². The SMILES string of the molecule is COc1ccc(COC[C@H]2CC(=O)C[C@@H]2O[Si](C)(C)C(C)(C)C(C)C)cc1. The zero-order valence-electron chi connectivity index (χ0n) is 18.0. The van der Waals surface area contributed by atoms with E-state index in [1.807, 2.05) is 24.3 Å². The van der Waals surface area contributed by atoms with Crippen LogP contribution in [0.1, 0.15) is 46.1 Å². The molecule has 0 saturated heterocycles. The molecule has 152 valence electrons. The first kappa shape index (κ1) is 22.1. The van der Waals surface area contributed by atoms with Crippen molar-refractivity contribution in [2.75, 3.05) is 13.7 Å². The maximum absolute atomic E-state index is 12.1. The first-order valence-corrected chi connectivity index (χ1v) is 12.9. The zero-order valence-corrected chi connectivity index (χ0v) is 19.0. The van der Waals surface area contributed by atoms with Crippen LogP contribution in [0.3, 0.4) is 0 Å². The number of hydrogen-bond acceptors (Lipinski definition) is 4. The molecule has 0 heterocycles. The van der Waals surface area contributed by atoms with Crippen molar-refractivity contribution in [3.8, 4) is 5.75 Å². The molecule has 0 radical (unpaired) electrons. The Morgan fingerprint density at radius 2 is 1.78 bits per heavy atom. The Bertz CT molecular complexity index is 622. The molecule has 1 aromatic rings.